The lowest BCUT2D eigenvalue weighted by Gasteiger charge is -2.31. The van der Waals surface area contributed by atoms with E-state index in [2.05, 4.69) is 39.0 Å². The molecule has 102 valence electrons. The molecule has 0 saturated heterocycles. The highest BCUT2D eigenvalue weighted by atomic mass is 32.2. The zero-order valence-corrected chi connectivity index (χ0v) is 13.8. The van der Waals surface area contributed by atoms with E-state index in [4.69, 9.17) is 4.03 Å². The maximum Gasteiger partial charge on any atom is 0.193 e. The molecule has 0 bridgehead atoms. The molecule has 0 fully saturated rings. The molecule has 4 nitrogen and oxygen atoms in total. The fourth-order valence-electron chi connectivity index (χ4n) is 1.84. The van der Waals surface area contributed by atoms with Crippen LogP contribution < -0.4 is 0 Å². The fraction of sp³-hybridized carbons (Fsp3) is 0.750. The molecule has 18 heavy (non-hydrogen) atoms. The van der Waals surface area contributed by atoms with Gasteiger partial charge in [-0.1, -0.05) is 20.8 Å². The Bertz CT molecular complexity index is 536. The molecule has 1 aromatic heterocycles. The van der Waals surface area contributed by atoms with E-state index in [-0.39, 0.29) is 5.04 Å². The number of nitrogens with zero attached hydrogens (tertiary/aromatic N) is 3. The fourth-order valence-corrected chi connectivity index (χ4v) is 5.88. The first kappa shape index (κ1) is 13.8. The van der Waals surface area contributed by atoms with Gasteiger partial charge in [-0.15, -0.1) is 0 Å². The third kappa shape index (κ3) is 2.40. The van der Waals surface area contributed by atoms with Gasteiger partial charge in [-0.05, 0) is 31.0 Å². The number of rotatable bonds is 2. The van der Waals surface area contributed by atoms with Gasteiger partial charge in [0, 0.05) is 6.54 Å². The highest BCUT2D eigenvalue weighted by Crippen LogP contribution is 2.37. The summed E-state index contributed by atoms with van der Waals surface area (Å²) in [6.07, 6.45) is 3.85. The monoisotopic (exact) mass is 285 g/mol. The number of aryl methyl sites for hydroxylation is 1. The smallest absolute Gasteiger partial charge is 0.193 e. The lowest BCUT2D eigenvalue weighted by molar-refractivity contribution is 0.656. The topological polar surface area (TPSA) is 47.2 Å². The molecule has 0 saturated carbocycles. The Morgan fingerprint density at radius 2 is 2.11 bits per heavy atom. The van der Waals surface area contributed by atoms with E-state index in [1.165, 1.54) is 0 Å². The van der Waals surface area contributed by atoms with Crippen LogP contribution in [0.2, 0.25) is 18.1 Å². The summed E-state index contributed by atoms with van der Waals surface area (Å²) in [6, 6.07) is 0. The number of hydrogen-bond acceptors (Lipinski definition) is 3. The third-order valence-electron chi connectivity index (χ3n) is 4.09. The summed E-state index contributed by atoms with van der Waals surface area (Å²) in [7, 11) is -3.49. The van der Waals surface area contributed by atoms with Crippen molar-refractivity contribution in [1.82, 2.24) is 9.78 Å². The summed E-state index contributed by atoms with van der Waals surface area (Å²) in [4.78, 5) is 0.868. The normalized spacial score (nSPS) is 18.1. The Kier molecular flexibility index (Phi) is 3.44. The molecule has 1 aliphatic rings. The molecule has 1 aliphatic heterocycles. The molecule has 2 rings (SSSR count). The second-order valence-electron chi connectivity index (χ2n) is 6.49. The predicted molar refractivity (Wildman–Crippen MR) is 78.0 cm³/mol. The highest BCUT2D eigenvalue weighted by molar-refractivity contribution is 7.76. The molecular formula is C12H23N3OSSi. The zero-order valence-electron chi connectivity index (χ0n) is 11.9. The lowest BCUT2D eigenvalue weighted by Crippen LogP contribution is -2.35. The number of fused-ring (bicyclic) bond motifs is 1. The molecule has 0 spiro atoms. The quantitative estimate of drug-likeness (QED) is 0.671. The van der Waals surface area contributed by atoms with Crippen molar-refractivity contribution in [3.63, 3.8) is 0 Å². The van der Waals surface area contributed by atoms with E-state index in [0.717, 1.165) is 30.0 Å². The van der Waals surface area contributed by atoms with E-state index < -0.39 is 18.8 Å². The van der Waals surface area contributed by atoms with Crippen molar-refractivity contribution in [2.75, 3.05) is 0 Å². The van der Waals surface area contributed by atoms with Gasteiger partial charge in [0.15, 0.2) is 8.24 Å². The van der Waals surface area contributed by atoms with Gasteiger partial charge in [0.05, 0.1) is 27.4 Å². The van der Waals surface area contributed by atoms with E-state index in [0.29, 0.717) is 0 Å². The molecule has 0 aromatic carbocycles. The van der Waals surface area contributed by atoms with Crippen LogP contribution in [0.25, 0.3) is 0 Å². The lowest BCUT2D eigenvalue weighted by atomic mass is 10.2. The van der Waals surface area contributed by atoms with E-state index in [9.17, 15) is 4.21 Å². The average Bonchev–Trinajstić information content (AvgIpc) is 2.73. The van der Waals surface area contributed by atoms with Gasteiger partial charge >= 0.3 is 0 Å². The van der Waals surface area contributed by atoms with Gasteiger partial charge in [-0.2, -0.15) is 5.10 Å². The third-order valence-corrected chi connectivity index (χ3v) is 11.3. The van der Waals surface area contributed by atoms with Crippen LogP contribution in [0.5, 0.6) is 0 Å². The van der Waals surface area contributed by atoms with Gasteiger partial charge in [-0.3, -0.25) is 8.71 Å². The first-order chi connectivity index (χ1) is 8.22. The molecule has 0 radical (unpaired) electrons. The van der Waals surface area contributed by atoms with Crippen LogP contribution in [-0.2, 0) is 23.6 Å². The van der Waals surface area contributed by atoms with E-state index in [1.54, 1.807) is 6.20 Å². The van der Waals surface area contributed by atoms with Crippen molar-refractivity contribution in [2.45, 2.75) is 63.2 Å². The zero-order chi connectivity index (χ0) is 13.6. The molecule has 0 aliphatic carbocycles. The number of hydrogen-bond donors (Lipinski definition) is 1. The number of thiol groups is 1. The predicted octanol–water partition coefficient (Wildman–Crippen LogP) is 2.86. The average molecular weight is 285 g/mol. The van der Waals surface area contributed by atoms with Crippen molar-refractivity contribution in [2.24, 2.45) is 4.03 Å². The summed E-state index contributed by atoms with van der Waals surface area (Å²) in [5, 5.41) is 4.43. The molecule has 0 N–H and O–H groups in total. The first-order valence-electron chi connectivity index (χ1n) is 6.47. The van der Waals surface area contributed by atoms with Crippen LogP contribution in [0.15, 0.2) is 15.1 Å². The van der Waals surface area contributed by atoms with Gasteiger partial charge in [0.1, 0.15) is 0 Å². The SMILES string of the molecule is CC(C)(C)[Si](C)(C)/N=[SH](=O)/c1cnn2c1CCC2. The minimum Gasteiger partial charge on any atom is -0.276 e. The van der Waals surface area contributed by atoms with E-state index >= 15 is 0 Å². The van der Waals surface area contributed by atoms with Gasteiger partial charge in [0.2, 0.25) is 0 Å². The van der Waals surface area contributed by atoms with Crippen LogP contribution in [0.4, 0.5) is 0 Å². The molecule has 1 unspecified atom stereocenters. The van der Waals surface area contributed by atoms with Gasteiger partial charge in [0.25, 0.3) is 0 Å². The number of aromatic nitrogens is 2. The summed E-state index contributed by atoms with van der Waals surface area (Å²) < 4.78 is 19.2. The van der Waals surface area contributed by atoms with Gasteiger partial charge in [-0.25, -0.2) is 4.21 Å². The van der Waals surface area contributed by atoms with E-state index in [1.807, 2.05) is 4.68 Å². The summed E-state index contributed by atoms with van der Waals surface area (Å²) in [6.45, 7) is 11.9. The van der Waals surface area contributed by atoms with Crippen molar-refractivity contribution in [1.29, 1.82) is 0 Å². The second-order valence-corrected chi connectivity index (χ2v) is 12.9. The second kappa shape index (κ2) is 4.49. The van der Waals surface area contributed by atoms with Gasteiger partial charge < -0.3 is 0 Å². The Hall–Kier alpha value is -0.623. The maximum atomic E-state index is 12.5. The van der Waals surface area contributed by atoms with Crippen LogP contribution in [0, 0.1) is 0 Å². The maximum absolute atomic E-state index is 12.5. The molecular weight excluding hydrogens is 262 g/mol. The van der Waals surface area contributed by atoms with Crippen molar-refractivity contribution in [3.8, 4) is 0 Å². The molecule has 1 aromatic rings. The minimum absolute atomic E-state index is 0.133. The van der Waals surface area contributed by atoms with Crippen LogP contribution in [0.3, 0.4) is 0 Å². The first-order valence-corrected chi connectivity index (χ1v) is 10.6. The Morgan fingerprint density at radius 1 is 1.44 bits per heavy atom. The Labute approximate surface area is 112 Å². The van der Waals surface area contributed by atoms with Crippen LogP contribution in [0.1, 0.15) is 32.9 Å². The highest BCUT2D eigenvalue weighted by Gasteiger charge is 2.36. The van der Waals surface area contributed by atoms with Crippen LogP contribution >= 0.6 is 0 Å². The standard InChI is InChI=1S/C12H23N3OSSi/c1-12(2,3)18(4,5)14-17(16)11-9-13-15-8-6-7-10(11)15/h9,17H,6-8H2,1-5H3. The van der Waals surface area contributed by atoms with Crippen molar-refractivity contribution in [3.05, 3.63) is 11.9 Å². The molecule has 1 atom stereocenters. The van der Waals surface area contributed by atoms with Crippen molar-refractivity contribution < 1.29 is 4.21 Å². The summed E-state index contributed by atoms with van der Waals surface area (Å²) in [5.74, 6) is 0. The largest absolute Gasteiger partial charge is 0.276 e. The molecule has 0 amide bonds. The minimum atomic E-state index is -1.85. The molecule has 2 heterocycles. The summed E-state index contributed by atoms with van der Waals surface area (Å²) in [5.41, 5.74) is 1.14. The Morgan fingerprint density at radius 3 is 2.72 bits per heavy atom. The Balaban J connectivity index is 2.37. The molecule has 6 heteroatoms. The van der Waals surface area contributed by atoms with Crippen molar-refractivity contribution >= 4 is 18.8 Å². The van der Waals surface area contributed by atoms with Crippen LogP contribution in [-0.4, -0.2) is 22.2 Å². The summed E-state index contributed by atoms with van der Waals surface area (Å²) >= 11 is 0.